The number of carboxylic acids is 1. The Morgan fingerprint density at radius 1 is 0.598 bits per heavy atom. The zero-order valence-electron chi connectivity index (χ0n) is 49.3. The van der Waals surface area contributed by atoms with Gasteiger partial charge in [0.15, 0.2) is 12.6 Å². The number of aliphatic hydroxyl groups excluding tert-OH is 6. The van der Waals surface area contributed by atoms with E-state index in [-0.39, 0.29) is 19.4 Å². The lowest BCUT2D eigenvalue weighted by molar-refractivity contribution is -0.333. The first kappa shape index (κ1) is 75.8. The van der Waals surface area contributed by atoms with Crippen molar-refractivity contribution in [3.05, 3.63) is 0 Å². The van der Waals surface area contributed by atoms with Crippen LogP contribution < -0.4 is 64.6 Å². The molecule has 0 aromatic rings. The summed E-state index contributed by atoms with van der Waals surface area (Å²) < 4.78 is 28.7. The van der Waals surface area contributed by atoms with Gasteiger partial charge in [-0.15, -0.1) is 0 Å². The van der Waals surface area contributed by atoms with Gasteiger partial charge < -0.3 is 124 Å². The van der Waals surface area contributed by atoms with E-state index in [1.807, 2.05) is 0 Å². The third-order valence-corrected chi connectivity index (χ3v) is 13.2. The molecule has 21 N–H and O–H groups in total. The molecule has 0 bridgehead atoms. The van der Waals surface area contributed by atoms with Crippen molar-refractivity contribution < 1.29 is 122 Å². The number of carbonyl (C=O) groups excluding carboxylic acids is 12. The van der Waals surface area contributed by atoms with Gasteiger partial charge in [-0.3, -0.25) is 62.3 Å². The summed E-state index contributed by atoms with van der Waals surface area (Å²) in [6, 6.07) is -14.8. The predicted molar refractivity (Wildman–Crippen MR) is 291 cm³/mol. The molecule has 0 aliphatic carbocycles. The number of hydrogen-bond acceptors (Lipinski definition) is 25. The number of amides is 11. The first-order valence-electron chi connectivity index (χ1n) is 27.5. The molecule has 11 amide bonds. The van der Waals surface area contributed by atoms with E-state index in [0.29, 0.717) is 0 Å². The second-order valence-electron chi connectivity index (χ2n) is 20.7. The molecule has 2 rings (SSSR count). The van der Waals surface area contributed by atoms with E-state index in [1.54, 1.807) is 0 Å². The van der Waals surface area contributed by atoms with Crippen LogP contribution in [0.2, 0.25) is 0 Å². The van der Waals surface area contributed by atoms with Crippen molar-refractivity contribution in [3.63, 3.8) is 0 Å². The Hall–Kier alpha value is -7.33. The van der Waals surface area contributed by atoms with Crippen molar-refractivity contribution in [1.29, 1.82) is 0 Å². The largest absolute Gasteiger partial charge is 0.480 e. The summed E-state index contributed by atoms with van der Waals surface area (Å²) >= 11 is 0. The van der Waals surface area contributed by atoms with Gasteiger partial charge in [0.05, 0.1) is 25.4 Å². The zero-order chi connectivity index (χ0) is 66.3. The number of rotatable bonds is 34. The molecule has 0 spiro atoms. The Kier molecular flexibility index (Phi) is 31.4. The molecule has 2 heterocycles. The molecule has 2 fully saturated rings. The molecule has 2 aliphatic heterocycles. The summed E-state index contributed by atoms with van der Waals surface area (Å²) in [6.45, 7) is 7.61. The van der Waals surface area contributed by atoms with Crippen molar-refractivity contribution in [1.82, 2.24) is 53.2 Å². The Labute approximate surface area is 498 Å². The van der Waals surface area contributed by atoms with E-state index >= 15 is 0 Å². The highest BCUT2D eigenvalue weighted by Gasteiger charge is 2.53. The third kappa shape index (κ3) is 24.4. The molecule has 2 saturated heterocycles. The molecular formula is C50H84N12O25. The van der Waals surface area contributed by atoms with Gasteiger partial charge in [0.1, 0.15) is 104 Å². The quantitative estimate of drug-likeness (QED) is 0.0210. The molecule has 37 heteroatoms. The standard InChI is InChI=1S/C50H84N12O25/c1-18(51)41(73)62-33(22(5)65)47(79)55-20(3)43(75)61-29(15-63)45(77)53-14-10-11-28(46(78)56-21(4)48(80)81)59-32(69)13-12-27(40(52)72)60-42(74)19(2)54-44(76)23(6)84-39-35(58-25(8)67)49(82)85-31(17-83-26(9)68)38(39)87-50-34(57-24(7)66)37(71)36(70)30(16-64)86-50/h18-23,27-31,33-39,49-50,63-65,70-71,82H,10-17,51H2,1-9H3,(H2,52,72)(H,53,77)(H,54,76)(H,55,79)(H,56,78)(H,57,66)(H,58,67)(H,59,69)(H,60,74)(H,61,75)(H,62,73)(H,80,81). The minimum Gasteiger partial charge on any atom is -0.480 e. The summed E-state index contributed by atoms with van der Waals surface area (Å²) in [5, 5.41) is 95.0. The highest BCUT2D eigenvalue weighted by molar-refractivity contribution is 5.95. The van der Waals surface area contributed by atoms with Crippen LogP contribution in [0.5, 0.6) is 0 Å². The maximum Gasteiger partial charge on any atom is 0.325 e. The van der Waals surface area contributed by atoms with Crippen molar-refractivity contribution >= 4 is 76.9 Å². The minimum absolute atomic E-state index is 0.110. The number of primary amides is 1. The highest BCUT2D eigenvalue weighted by Crippen LogP contribution is 2.31. The number of carboxylic acid groups (broad SMARTS) is 1. The Bertz CT molecular complexity index is 2420. The van der Waals surface area contributed by atoms with Crippen LogP contribution in [-0.2, 0) is 86.0 Å². The van der Waals surface area contributed by atoms with Gasteiger partial charge in [0.2, 0.25) is 65.0 Å². The van der Waals surface area contributed by atoms with Crippen LogP contribution in [0.1, 0.15) is 88.0 Å². The summed E-state index contributed by atoms with van der Waals surface area (Å²) in [5.74, 6) is -12.6. The second kappa shape index (κ2) is 36.1. The van der Waals surface area contributed by atoms with Crippen LogP contribution in [-0.4, -0.2) is 261 Å². The van der Waals surface area contributed by atoms with E-state index in [0.717, 1.165) is 34.6 Å². The highest BCUT2D eigenvalue weighted by atomic mass is 16.7. The maximum atomic E-state index is 13.7. The fraction of sp³-hybridized carbons (Fsp3) is 0.740. The average molecular weight is 1250 g/mol. The lowest BCUT2D eigenvalue weighted by atomic mass is 9.94. The first-order chi connectivity index (χ1) is 40.5. The van der Waals surface area contributed by atoms with Crippen molar-refractivity contribution in [2.45, 2.75) is 210 Å². The van der Waals surface area contributed by atoms with E-state index in [9.17, 15) is 98.1 Å². The second-order valence-corrected chi connectivity index (χ2v) is 20.7. The minimum atomic E-state index is -1.97. The molecule has 0 aromatic heterocycles. The predicted octanol–water partition coefficient (Wildman–Crippen LogP) is -10.7. The summed E-state index contributed by atoms with van der Waals surface area (Å²) in [4.78, 5) is 165. The van der Waals surface area contributed by atoms with E-state index in [1.165, 1.54) is 27.7 Å². The first-order valence-corrected chi connectivity index (χ1v) is 27.5. The van der Waals surface area contributed by atoms with E-state index in [4.69, 9.17) is 35.2 Å². The molecule has 87 heavy (non-hydrogen) atoms. The van der Waals surface area contributed by atoms with Crippen molar-refractivity contribution in [3.8, 4) is 0 Å². The van der Waals surface area contributed by atoms with Crippen LogP contribution in [0.25, 0.3) is 0 Å². The fourth-order valence-corrected chi connectivity index (χ4v) is 8.36. The van der Waals surface area contributed by atoms with E-state index in [2.05, 4.69) is 53.2 Å². The lowest BCUT2D eigenvalue weighted by Gasteiger charge is -2.48. The number of nitrogens with one attached hydrogen (secondary N) is 10. The molecule has 0 aromatic carbocycles. The van der Waals surface area contributed by atoms with Crippen LogP contribution in [0.15, 0.2) is 0 Å². The maximum absolute atomic E-state index is 13.7. The fourth-order valence-electron chi connectivity index (χ4n) is 8.36. The van der Waals surface area contributed by atoms with Crippen molar-refractivity contribution in [2.24, 2.45) is 11.5 Å². The molecule has 494 valence electrons. The summed E-state index contributed by atoms with van der Waals surface area (Å²) in [6.07, 6.45) is -18.4. The molecule has 2 aliphatic rings. The zero-order valence-corrected chi connectivity index (χ0v) is 49.3. The van der Waals surface area contributed by atoms with Gasteiger partial charge in [0, 0.05) is 33.7 Å². The molecule has 20 atom stereocenters. The molecule has 20 unspecified atom stereocenters. The smallest absolute Gasteiger partial charge is 0.325 e. The van der Waals surface area contributed by atoms with Crippen molar-refractivity contribution in [2.75, 3.05) is 26.4 Å². The number of nitrogens with two attached hydrogens (primary N) is 2. The number of aliphatic hydroxyl groups is 6. The lowest BCUT2D eigenvalue weighted by Crippen LogP contribution is -2.70. The molecule has 37 nitrogen and oxygen atoms in total. The molecule has 0 radical (unpaired) electrons. The number of carbonyl (C=O) groups is 13. The molecular weight excluding hydrogens is 1170 g/mol. The monoisotopic (exact) mass is 1250 g/mol. The number of ether oxygens (including phenoxy) is 5. The van der Waals surface area contributed by atoms with Crippen LogP contribution in [0.3, 0.4) is 0 Å². The van der Waals surface area contributed by atoms with Crippen LogP contribution in [0, 0.1) is 0 Å². The Morgan fingerprint density at radius 3 is 1.68 bits per heavy atom. The van der Waals surface area contributed by atoms with Gasteiger partial charge in [-0.2, -0.15) is 0 Å². The van der Waals surface area contributed by atoms with Gasteiger partial charge in [0.25, 0.3) is 0 Å². The van der Waals surface area contributed by atoms with E-state index < -0.39 is 231 Å². The van der Waals surface area contributed by atoms with Gasteiger partial charge >= 0.3 is 11.9 Å². The normalized spacial score (nSPS) is 25.1. The average Bonchev–Trinajstić information content (AvgIpc) is 0.974. The van der Waals surface area contributed by atoms with Crippen LogP contribution in [0.4, 0.5) is 0 Å². The van der Waals surface area contributed by atoms with Gasteiger partial charge in [-0.05, 0) is 60.8 Å². The van der Waals surface area contributed by atoms with Crippen LogP contribution >= 0.6 is 0 Å². The number of esters is 1. The number of hydrogen-bond donors (Lipinski definition) is 19. The third-order valence-electron chi connectivity index (χ3n) is 13.2. The number of aliphatic carboxylic acids is 1. The SMILES string of the molecule is CC(=O)NC1C(OC2C(COC(C)=O)OC(O)C(NC(C)=O)C2OC(C)C(=O)NC(C)C(=O)NC(CCC(=O)NC(CCCNC(=O)C(CO)NC(=O)C(C)NC(=O)C(NC(=O)C(C)N)C(C)O)C(=O)NC(C)C(=O)O)C(N)=O)OC(CO)C(O)C1O. The topological polar surface area (TPSA) is 582 Å². The van der Waals surface area contributed by atoms with Gasteiger partial charge in [-0.1, -0.05) is 0 Å². The Balaban J connectivity index is 2.20. The Morgan fingerprint density at radius 2 is 1.16 bits per heavy atom. The summed E-state index contributed by atoms with van der Waals surface area (Å²) in [7, 11) is 0. The molecule has 0 saturated carbocycles. The summed E-state index contributed by atoms with van der Waals surface area (Å²) in [5.41, 5.74) is 11.1. The van der Waals surface area contributed by atoms with Gasteiger partial charge in [-0.25, -0.2) is 0 Å².